The third kappa shape index (κ3) is 3.74. The molecule has 1 N–H and O–H groups in total. The summed E-state index contributed by atoms with van der Waals surface area (Å²) in [5, 5.41) is 9.95. The second-order valence-electron chi connectivity index (χ2n) is 5.69. The van der Waals surface area contributed by atoms with Gasteiger partial charge in [-0.15, -0.1) is 0 Å². The van der Waals surface area contributed by atoms with E-state index >= 15 is 0 Å². The molecule has 0 aliphatic carbocycles. The van der Waals surface area contributed by atoms with Gasteiger partial charge in [-0.3, -0.25) is 4.79 Å². The largest absolute Gasteiger partial charge is 0.441 e. The van der Waals surface area contributed by atoms with Gasteiger partial charge in [-0.05, 0) is 37.1 Å². The minimum atomic E-state index is -0.0308. The molecule has 1 atom stereocenters. The molecule has 0 bridgehead atoms. The lowest BCUT2D eigenvalue weighted by Gasteiger charge is -2.22. The highest BCUT2D eigenvalue weighted by molar-refractivity contribution is 6.30. The normalized spacial score (nSPS) is 17.7. The van der Waals surface area contributed by atoms with Gasteiger partial charge in [0.2, 0.25) is 5.91 Å². The van der Waals surface area contributed by atoms with Crippen LogP contribution in [-0.2, 0) is 11.2 Å². The molecule has 0 saturated carbocycles. The second kappa shape index (κ2) is 7.15. The van der Waals surface area contributed by atoms with E-state index in [4.69, 9.17) is 16.0 Å². The van der Waals surface area contributed by atoms with Crippen LogP contribution in [0.3, 0.4) is 0 Å². The van der Waals surface area contributed by atoms with Gasteiger partial charge in [-0.1, -0.05) is 11.6 Å². The molecule has 1 aromatic carbocycles. The Morgan fingerprint density at radius 1 is 1.39 bits per heavy atom. The smallest absolute Gasteiger partial charge is 0.223 e. The minimum absolute atomic E-state index is 0.0308. The van der Waals surface area contributed by atoms with Crippen LogP contribution < -0.4 is 0 Å². The van der Waals surface area contributed by atoms with E-state index in [9.17, 15) is 9.90 Å². The maximum absolute atomic E-state index is 12.2. The van der Waals surface area contributed by atoms with Crippen molar-refractivity contribution < 1.29 is 14.3 Å². The molecule has 2 aromatic rings. The molecule has 1 aromatic heterocycles. The second-order valence-corrected chi connectivity index (χ2v) is 6.13. The van der Waals surface area contributed by atoms with Crippen molar-refractivity contribution in [2.24, 2.45) is 0 Å². The first kappa shape index (κ1) is 16.0. The van der Waals surface area contributed by atoms with Crippen LogP contribution in [-0.4, -0.2) is 40.1 Å². The Kier molecular flexibility index (Phi) is 4.98. The first-order valence-corrected chi connectivity index (χ1v) is 8.16. The van der Waals surface area contributed by atoms with Gasteiger partial charge >= 0.3 is 0 Å². The molecule has 1 fully saturated rings. The van der Waals surface area contributed by atoms with Gasteiger partial charge in [0.25, 0.3) is 0 Å². The lowest BCUT2D eigenvalue weighted by molar-refractivity contribution is -0.132. The summed E-state index contributed by atoms with van der Waals surface area (Å²) in [6, 6.07) is 7.30. The van der Waals surface area contributed by atoms with Gasteiger partial charge in [0.05, 0.1) is 18.8 Å². The Morgan fingerprint density at radius 2 is 2.17 bits per heavy atom. The number of benzene rings is 1. The number of aliphatic hydroxyl groups is 1. The van der Waals surface area contributed by atoms with E-state index < -0.39 is 0 Å². The van der Waals surface area contributed by atoms with Crippen molar-refractivity contribution >= 4 is 17.5 Å². The highest BCUT2D eigenvalue weighted by atomic mass is 35.5. The zero-order valence-corrected chi connectivity index (χ0v) is 13.5. The number of likely N-dealkylation sites (tertiary alicyclic amines) is 1. The van der Waals surface area contributed by atoms with E-state index in [0.717, 1.165) is 24.9 Å². The minimum Gasteiger partial charge on any atom is -0.441 e. The Labute approximate surface area is 139 Å². The summed E-state index contributed by atoms with van der Waals surface area (Å²) >= 11 is 5.87. The number of aryl methyl sites for hydroxylation is 1. The lowest BCUT2D eigenvalue weighted by Crippen LogP contribution is -2.37. The number of nitrogens with zero attached hydrogens (tertiary/aromatic N) is 2. The fraction of sp³-hybridized carbons (Fsp3) is 0.412. The summed E-state index contributed by atoms with van der Waals surface area (Å²) in [7, 11) is 0. The maximum Gasteiger partial charge on any atom is 0.223 e. The third-order valence-corrected chi connectivity index (χ3v) is 4.40. The molecule has 23 heavy (non-hydrogen) atoms. The van der Waals surface area contributed by atoms with Crippen molar-refractivity contribution in [2.45, 2.75) is 31.7 Å². The molecule has 0 unspecified atom stereocenters. The van der Waals surface area contributed by atoms with Crippen LogP contribution in [0.15, 0.2) is 34.9 Å². The molecule has 122 valence electrons. The number of rotatable bonds is 5. The molecule has 3 rings (SSSR count). The molecular formula is C17H19ClN2O3. The van der Waals surface area contributed by atoms with Crippen molar-refractivity contribution in [2.75, 3.05) is 13.2 Å². The maximum atomic E-state index is 12.2. The van der Waals surface area contributed by atoms with E-state index in [1.165, 1.54) is 0 Å². The molecular weight excluding hydrogens is 316 g/mol. The van der Waals surface area contributed by atoms with Gasteiger partial charge in [-0.2, -0.15) is 0 Å². The van der Waals surface area contributed by atoms with Crippen LogP contribution in [0.2, 0.25) is 5.02 Å². The Balaban J connectivity index is 1.59. The van der Waals surface area contributed by atoms with Gasteiger partial charge in [0, 0.05) is 30.0 Å². The van der Waals surface area contributed by atoms with Gasteiger partial charge < -0.3 is 14.4 Å². The van der Waals surface area contributed by atoms with Gasteiger partial charge in [-0.25, -0.2) is 4.98 Å². The van der Waals surface area contributed by atoms with Crippen LogP contribution in [0, 0.1) is 0 Å². The molecule has 6 heteroatoms. The van der Waals surface area contributed by atoms with Gasteiger partial charge in [0.15, 0.2) is 11.7 Å². The van der Waals surface area contributed by atoms with E-state index in [-0.39, 0.29) is 18.6 Å². The molecule has 0 radical (unpaired) electrons. The highest BCUT2D eigenvalue weighted by Crippen LogP contribution is 2.23. The fourth-order valence-corrected chi connectivity index (χ4v) is 3.01. The van der Waals surface area contributed by atoms with Crippen LogP contribution in [0.25, 0.3) is 11.3 Å². The number of carbonyl (C=O) groups is 1. The highest BCUT2D eigenvalue weighted by Gasteiger charge is 2.27. The predicted octanol–water partition coefficient (Wildman–Crippen LogP) is 2.91. The Bertz CT molecular complexity index is 669. The summed E-state index contributed by atoms with van der Waals surface area (Å²) < 4.78 is 5.70. The zero-order valence-electron chi connectivity index (χ0n) is 12.7. The van der Waals surface area contributed by atoms with E-state index in [0.29, 0.717) is 29.5 Å². The molecule has 2 heterocycles. The Morgan fingerprint density at radius 3 is 2.91 bits per heavy atom. The summed E-state index contributed by atoms with van der Waals surface area (Å²) in [5.41, 5.74) is 0.902. The average molecular weight is 335 g/mol. The first-order valence-electron chi connectivity index (χ1n) is 7.78. The number of oxazole rings is 1. The molecule has 1 aliphatic heterocycles. The molecule has 0 spiro atoms. The van der Waals surface area contributed by atoms with Crippen molar-refractivity contribution in [3.8, 4) is 11.3 Å². The summed E-state index contributed by atoms with van der Waals surface area (Å²) in [4.78, 5) is 18.2. The van der Waals surface area contributed by atoms with E-state index in [1.807, 2.05) is 12.1 Å². The number of carbonyl (C=O) groups excluding carboxylic acids is 1. The molecule has 1 amide bonds. The SMILES string of the molecule is O=C(CCc1ncc(-c2ccc(Cl)cc2)o1)N1CCC[C@@H]1CO. The summed E-state index contributed by atoms with van der Waals surface area (Å²) in [5.74, 6) is 1.26. The first-order chi connectivity index (χ1) is 11.2. The van der Waals surface area contributed by atoms with E-state index in [1.54, 1.807) is 23.2 Å². The van der Waals surface area contributed by atoms with Gasteiger partial charge in [0.1, 0.15) is 0 Å². The number of aromatic nitrogens is 1. The average Bonchev–Trinajstić information content (AvgIpc) is 3.22. The summed E-state index contributed by atoms with van der Waals surface area (Å²) in [6.45, 7) is 0.761. The van der Waals surface area contributed by atoms with Crippen LogP contribution in [0.4, 0.5) is 0 Å². The van der Waals surface area contributed by atoms with Crippen molar-refractivity contribution in [3.05, 3.63) is 41.4 Å². The number of halogens is 1. The Hall–Kier alpha value is -1.85. The van der Waals surface area contributed by atoms with Crippen molar-refractivity contribution in [3.63, 3.8) is 0 Å². The number of hydrogen-bond donors (Lipinski definition) is 1. The quantitative estimate of drug-likeness (QED) is 0.913. The van der Waals surface area contributed by atoms with Crippen LogP contribution in [0.5, 0.6) is 0 Å². The van der Waals surface area contributed by atoms with Crippen LogP contribution in [0.1, 0.15) is 25.2 Å². The molecule has 1 aliphatic rings. The summed E-state index contributed by atoms with van der Waals surface area (Å²) in [6.07, 6.45) is 4.30. The molecule has 1 saturated heterocycles. The van der Waals surface area contributed by atoms with E-state index in [2.05, 4.69) is 4.98 Å². The lowest BCUT2D eigenvalue weighted by atomic mass is 10.2. The molecule has 5 nitrogen and oxygen atoms in total. The standard InChI is InChI=1S/C17H19ClN2O3/c18-13-5-3-12(4-6-13)15-10-19-16(23-15)7-8-17(22)20-9-1-2-14(20)11-21/h3-6,10,14,21H,1-2,7-9,11H2/t14-/m1/s1. The van der Waals surface area contributed by atoms with Crippen molar-refractivity contribution in [1.82, 2.24) is 9.88 Å². The fourth-order valence-electron chi connectivity index (χ4n) is 2.88. The monoisotopic (exact) mass is 334 g/mol. The van der Waals surface area contributed by atoms with Crippen molar-refractivity contribution in [1.29, 1.82) is 0 Å². The number of hydrogen-bond acceptors (Lipinski definition) is 4. The topological polar surface area (TPSA) is 66.6 Å². The number of aliphatic hydroxyl groups excluding tert-OH is 1. The van der Waals surface area contributed by atoms with Crippen LogP contribution >= 0.6 is 11.6 Å². The number of amides is 1. The predicted molar refractivity (Wildman–Crippen MR) is 87.1 cm³/mol. The zero-order chi connectivity index (χ0) is 16.2. The third-order valence-electron chi connectivity index (χ3n) is 4.14.